The van der Waals surface area contributed by atoms with Crippen LogP contribution in [0.4, 0.5) is 0 Å². The maximum absolute atomic E-state index is 8.38. The normalized spacial score (nSPS) is 20.7. The number of rotatable bonds is 1. The fourth-order valence-corrected chi connectivity index (χ4v) is 2.89. The van der Waals surface area contributed by atoms with Crippen molar-refractivity contribution >= 4 is 11.9 Å². The van der Waals surface area contributed by atoms with Crippen molar-refractivity contribution in [2.24, 2.45) is 5.92 Å². The summed E-state index contributed by atoms with van der Waals surface area (Å²) in [5, 5.41) is 16.7. The molecule has 2 aliphatic rings. The third-order valence-corrected chi connectivity index (χ3v) is 4.32. The maximum atomic E-state index is 8.38. The van der Waals surface area contributed by atoms with Crippen LogP contribution >= 0.6 is 0 Å². The Morgan fingerprint density at radius 1 is 1.00 bits per heavy atom. The first-order valence-corrected chi connectivity index (χ1v) is 7.58. The first kappa shape index (κ1) is 14.2. The van der Waals surface area contributed by atoms with Crippen molar-refractivity contribution in [1.82, 2.24) is 14.7 Å². The van der Waals surface area contributed by atoms with Crippen molar-refractivity contribution in [3.63, 3.8) is 0 Å². The lowest BCUT2D eigenvalue weighted by molar-refractivity contribution is 0.256. The zero-order valence-corrected chi connectivity index (χ0v) is 12.3. The lowest BCUT2D eigenvalue weighted by Gasteiger charge is -2.38. The molecule has 0 amide bonds. The van der Waals surface area contributed by atoms with E-state index in [0.717, 1.165) is 44.9 Å². The number of hydrogen-bond acceptors (Lipinski definition) is 2. The first-order valence-electron chi connectivity index (χ1n) is 7.58. The Bertz CT molecular complexity index is 327. The Balaban J connectivity index is 1.96. The number of guanidine groups is 2. The van der Waals surface area contributed by atoms with Crippen LogP contribution in [-0.2, 0) is 0 Å². The Hall–Kier alpha value is -1.26. The zero-order chi connectivity index (χ0) is 13.8. The highest BCUT2D eigenvalue weighted by Gasteiger charge is 2.26. The van der Waals surface area contributed by atoms with Crippen LogP contribution in [0.15, 0.2) is 0 Å². The van der Waals surface area contributed by atoms with E-state index in [4.69, 9.17) is 10.8 Å². The summed E-state index contributed by atoms with van der Waals surface area (Å²) < 4.78 is 0. The lowest BCUT2D eigenvalue weighted by Crippen LogP contribution is -2.53. The molecule has 0 unspecified atom stereocenters. The molecule has 2 aliphatic heterocycles. The highest BCUT2D eigenvalue weighted by molar-refractivity contribution is 5.96. The van der Waals surface area contributed by atoms with Crippen LogP contribution in [0.3, 0.4) is 0 Å². The van der Waals surface area contributed by atoms with Crippen molar-refractivity contribution in [3.05, 3.63) is 0 Å². The topological polar surface area (TPSA) is 57.4 Å². The second-order valence-corrected chi connectivity index (χ2v) is 5.76. The molecule has 0 radical (unpaired) electrons. The van der Waals surface area contributed by atoms with Gasteiger partial charge in [0.25, 0.3) is 0 Å². The number of piperidine rings is 1. The molecule has 2 rings (SSSR count). The van der Waals surface area contributed by atoms with Gasteiger partial charge in [-0.3, -0.25) is 15.7 Å². The zero-order valence-electron chi connectivity index (χ0n) is 12.3. The molecule has 2 saturated heterocycles. The molecule has 0 aliphatic carbocycles. The molecule has 0 aromatic carbocycles. The molecule has 0 aromatic rings. The Morgan fingerprint density at radius 3 is 1.95 bits per heavy atom. The summed E-state index contributed by atoms with van der Waals surface area (Å²) in [5.41, 5.74) is 0. The predicted octanol–water partition coefficient (Wildman–Crippen LogP) is 2.01. The predicted molar refractivity (Wildman–Crippen MR) is 78.6 cm³/mol. The van der Waals surface area contributed by atoms with Gasteiger partial charge >= 0.3 is 0 Å². The fourth-order valence-electron chi connectivity index (χ4n) is 2.89. The fraction of sp³-hybridized carbons (Fsp3) is 0.857. The van der Waals surface area contributed by atoms with Gasteiger partial charge in [-0.05, 0) is 38.5 Å². The van der Waals surface area contributed by atoms with Crippen LogP contribution in [-0.4, -0.2) is 59.3 Å². The van der Waals surface area contributed by atoms with Crippen LogP contribution in [0.2, 0.25) is 0 Å². The van der Waals surface area contributed by atoms with Gasteiger partial charge in [-0.25, -0.2) is 0 Å². The van der Waals surface area contributed by atoms with E-state index in [0.29, 0.717) is 18.5 Å². The van der Waals surface area contributed by atoms with E-state index in [-0.39, 0.29) is 0 Å². The highest BCUT2D eigenvalue weighted by Crippen LogP contribution is 2.18. The largest absolute Gasteiger partial charge is 0.343 e. The average molecular weight is 265 g/mol. The van der Waals surface area contributed by atoms with Crippen molar-refractivity contribution in [3.8, 4) is 0 Å². The molecular weight excluding hydrogens is 238 g/mol. The minimum absolute atomic E-state index is 0.517. The summed E-state index contributed by atoms with van der Waals surface area (Å²) in [5.74, 6) is 1.81. The van der Waals surface area contributed by atoms with Crippen LogP contribution < -0.4 is 0 Å². The Labute approximate surface area is 116 Å². The van der Waals surface area contributed by atoms with Gasteiger partial charge in [-0.1, -0.05) is 6.92 Å². The maximum Gasteiger partial charge on any atom is 0.200 e. The monoisotopic (exact) mass is 265 g/mol. The van der Waals surface area contributed by atoms with Gasteiger partial charge in [0.2, 0.25) is 11.9 Å². The molecule has 108 valence electrons. The number of likely N-dealkylation sites (tertiary alicyclic amines) is 2. The molecule has 0 aromatic heterocycles. The van der Waals surface area contributed by atoms with Crippen molar-refractivity contribution < 1.29 is 0 Å². The van der Waals surface area contributed by atoms with E-state index in [1.807, 2.05) is 11.8 Å². The molecule has 19 heavy (non-hydrogen) atoms. The van der Waals surface area contributed by atoms with Gasteiger partial charge < -0.3 is 9.80 Å². The van der Waals surface area contributed by atoms with Crippen molar-refractivity contribution in [1.29, 1.82) is 10.8 Å². The van der Waals surface area contributed by atoms with Crippen LogP contribution in [0.5, 0.6) is 0 Å². The van der Waals surface area contributed by atoms with Crippen LogP contribution in [0.25, 0.3) is 0 Å². The van der Waals surface area contributed by atoms with E-state index >= 15 is 0 Å². The van der Waals surface area contributed by atoms with Gasteiger partial charge in [-0.2, -0.15) is 0 Å². The molecular formula is C14H27N5. The summed E-state index contributed by atoms with van der Waals surface area (Å²) in [6.45, 7) is 8.89. The third-order valence-electron chi connectivity index (χ3n) is 4.32. The highest BCUT2D eigenvalue weighted by atomic mass is 15.4. The quantitative estimate of drug-likeness (QED) is 0.563. The lowest BCUT2D eigenvalue weighted by atomic mass is 9.99. The molecule has 5 heteroatoms. The van der Waals surface area contributed by atoms with Gasteiger partial charge in [0.1, 0.15) is 0 Å². The second-order valence-electron chi connectivity index (χ2n) is 5.76. The van der Waals surface area contributed by atoms with Crippen molar-refractivity contribution in [2.75, 3.05) is 32.7 Å². The number of nitrogens with zero attached hydrogens (tertiary/aromatic N) is 3. The summed E-state index contributed by atoms with van der Waals surface area (Å²) in [6, 6.07) is 0. The van der Waals surface area contributed by atoms with Crippen LogP contribution in [0.1, 0.15) is 39.5 Å². The molecule has 0 saturated carbocycles. The minimum Gasteiger partial charge on any atom is -0.343 e. The third kappa shape index (κ3) is 3.19. The molecule has 5 nitrogen and oxygen atoms in total. The smallest absolute Gasteiger partial charge is 0.200 e. The van der Waals surface area contributed by atoms with E-state index in [1.54, 1.807) is 0 Å². The molecule has 2 heterocycles. The van der Waals surface area contributed by atoms with E-state index in [1.165, 1.54) is 12.8 Å². The Morgan fingerprint density at radius 2 is 1.47 bits per heavy atom. The van der Waals surface area contributed by atoms with E-state index in [2.05, 4.69) is 16.7 Å². The summed E-state index contributed by atoms with van der Waals surface area (Å²) >= 11 is 0. The van der Waals surface area contributed by atoms with E-state index in [9.17, 15) is 0 Å². The van der Waals surface area contributed by atoms with Crippen molar-refractivity contribution in [2.45, 2.75) is 39.5 Å². The standard InChI is InChI=1S/C14H27N5/c1-3-19(13(15)17-8-4-5-9-17)14(16)18-10-6-12(2)7-11-18/h12,15-16H,3-11H2,1-2H3. The number of hydrogen-bond donors (Lipinski definition) is 2. The summed E-state index contributed by atoms with van der Waals surface area (Å²) in [7, 11) is 0. The van der Waals surface area contributed by atoms with Crippen LogP contribution in [0, 0.1) is 16.7 Å². The summed E-state index contributed by atoms with van der Waals surface area (Å²) in [4.78, 5) is 6.08. The number of nitrogens with one attached hydrogen (secondary N) is 2. The van der Waals surface area contributed by atoms with Gasteiger partial charge in [0.15, 0.2) is 0 Å². The summed E-state index contributed by atoms with van der Waals surface area (Å²) in [6.07, 6.45) is 4.68. The minimum atomic E-state index is 0.517. The van der Waals surface area contributed by atoms with Gasteiger partial charge in [0, 0.05) is 32.7 Å². The first-order chi connectivity index (χ1) is 9.13. The average Bonchev–Trinajstić information content (AvgIpc) is 2.94. The molecule has 2 N–H and O–H groups in total. The Kier molecular flexibility index (Phi) is 4.66. The molecule has 0 spiro atoms. The molecule has 2 fully saturated rings. The second kappa shape index (κ2) is 6.26. The molecule has 0 bridgehead atoms. The SMILES string of the molecule is CCN(C(=N)N1CCCC1)C(=N)N1CCC(C)CC1. The van der Waals surface area contributed by atoms with Gasteiger partial charge in [-0.15, -0.1) is 0 Å². The van der Waals surface area contributed by atoms with E-state index < -0.39 is 0 Å². The molecule has 0 atom stereocenters. The van der Waals surface area contributed by atoms with Gasteiger partial charge in [0.05, 0.1) is 0 Å².